The second-order valence-corrected chi connectivity index (χ2v) is 14.8. The summed E-state index contributed by atoms with van der Waals surface area (Å²) in [6.45, 7) is 8.44. The molecule has 4 rings (SSSR count). The number of amides is 2. The average Bonchev–Trinajstić information content (AvgIpc) is 3.68. The zero-order valence-electron chi connectivity index (χ0n) is 24.5. The van der Waals surface area contributed by atoms with E-state index in [-0.39, 0.29) is 20.9 Å². The van der Waals surface area contributed by atoms with Gasteiger partial charge in [-0.15, -0.1) is 22.7 Å². The van der Waals surface area contributed by atoms with E-state index in [2.05, 4.69) is 20.6 Å². The summed E-state index contributed by atoms with van der Waals surface area (Å²) in [5.41, 5.74) is 1.54. The van der Waals surface area contributed by atoms with Crippen LogP contribution in [-0.4, -0.2) is 73.4 Å². The van der Waals surface area contributed by atoms with Crippen molar-refractivity contribution >= 4 is 64.8 Å². The first-order chi connectivity index (χ1) is 20.9. The summed E-state index contributed by atoms with van der Waals surface area (Å²) in [4.78, 5) is 34.6. The van der Waals surface area contributed by atoms with Gasteiger partial charge in [0.25, 0.3) is 11.8 Å². The van der Waals surface area contributed by atoms with Crippen LogP contribution in [0, 0.1) is 0 Å². The summed E-state index contributed by atoms with van der Waals surface area (Å²) >= 11 is 2.38. The van der Waals surface area contributed by atoms with Gasteiger partial charge in [0.05, 0.1) is 9.79 Å². The quantitative estimate of drug-likeness (QED) is 0.204. The molecule has 0 aliphatic heterocycles. The lowest BCUT2D eigenvalue weighted by Crippen LogP contribution is -2.30. The fraction of sp³-hybridized carbons (Fsp3) is 0.286. The van der Waals surface area contributed by atoms with E-state index in [9.17, 15) is 26.4 Å². The van der Waals surface area contributed by atoms with Crippen molar-refractivity contribution in [3.05, 3.63) is 70.4 Å². The van der Waals surface area contributed by atoms with Crippen LogP contribution < -0.4 is 10.6 Å². The molecule has 0 aliphatic rings. The predicted octanol–water partition coefficient (Wildman–Crippen LogP) is 4.83. The molecule has 0 atom stereocenters. The molecule has 44 heavy (non-hydrogen) atoms. The molecule has 0 fully saturated rings. The van der Waals surface area contributed by atoms with E-state index in [0.717, 1.165) is 0 Å². The molecule has 0 bridgehead atoms. The highest BCUT2D eigenvalue weighted by Crippen LogP contribution is 2.29. The Morgan fingerprint density at radius 3 is 1.23 bits per heavy atom. The third-order valence-corrected chi connectivity index (χ3v) is 12.3. The van der Waals surface area contributed by atoms with Crippen LogP contribution in [-0.2, 0) is 20.0 Å². The number of anilines is 2. The van der Waals surface area contributed by atoms with Gasteiger partial charge in [-0.1, -0.05) is 27.7 Å². The molecule has 2 aromatic heterocycles. The maximum absolute atomic E-state index is 12.8. The van der Waals surface area contributed by atoms with Crippen molar-refractivity contribution in [2.45, 2.75) is 37.5 Å². The number of hydrogen-bond acceptors (Lipinski definition) is 10. The van der Waals surface area contributed by atoms with Gasteiger partial charge in [-0.25, -0.2) is 26.8 Å². The molecule has 2 amide bonds. The van der Waals surface area contributed by atoms with Crippen LogP contribution in [0.15, 0.2) is 69.1 Å². The number of rotatable bonds is 13. The average molecular weight is 677 g/mol. The van der Waals surface area contributed by atoms with Gasteiger partial charge in [0.2, 0.25) is 20.0 Å². The zero-order valence-corrected chi connectivity index (χ0v) is 27.7. The van der Waals surface area contributed by atoms with E-state index in [1.807, 2.05) is 0 Å². The highest BCUT2D eigenvalue weighted by atomic mass is 32.2. The molecule has 0 spiro atoms. The van der Waals surface area contributed by atoms with Crippen molar-refractivity contribution in [3.8, 4) is 11.4 Å². The number of nitrogens with one attached hydrogen (secondary N) is 2. The van der Waals surface area contributed by atoms with E-state index in [1.54, 1.807) is 38.5 Å². The maximum atomic E-state index is 12.8. The Balaban J connectivity index is 1.38. The fourth-order valence-electron chi connectivity index (χ4n) is 4.22. The van der Waals surface area contributed by atoms with Crippen LogP contribution in [0.5, 0.6) is 0 Å². The summed E-state index contributed by atoms with van der Waals surface area (Å²) in [5.74, 6) is -0.889. The van der Waals surface area contributed by atoms with Crippen molar-refractivity contribution in [2.24, 2.45) is 0 Å². The van der Waals surface area contributed by atoms with Gasteiger partial charge in [0.1, 0.15) is 11.4 Å². The molecule has 2 N–H and O–H groups in total. The topological polar surface area (TPSA) is 159 Å². The van der Waals surface area contributed by atoms with Gasteiger partial charge in [0, 0.05) is 48.1 Å². The smallest absolute Gasteiger partial charge is 0.257 e. The normalized spacial score (nSPS) is 12.0. The molecule has 0 unspecified atom stereocenters. The molecule has 234 valence electrons. The van der Waals surface area contributed by atoms with Gasteiger partial charge in [-0.2, -0.15) is 8.61 Å². The van der Waals surface area contributed by atoms with Crippen LogP contribution in [0.2, 0.25) is 0 Å². The SMILES string of the molecule is CCN(CC)S(=O)(=O)c1ccc(C(=O)Nc2nc(-c3csc(NC(=O)c4ccc(S(=O)(=O)N(CC)CC)cc4)n3)cs2)cc1. The molecule has 2 aromatic carbocycles. The van der Waals surface area contributed by atoms with E-state index >= 15 is 0 Å². The maximum Gasteiger partial charge on any atom is 0.257 e. The summed E-state index contributed by atoms with van der Waals surface area (Å²) in [5, 5.41) is 9.49. The molecule has 4 aromatic rings. The number of benzene rings is 2. The summed E-state index contributed by atoms with van der Waals surface area (Å²) < 4.78 is 53.4. The minimum absolute atomic E-state index is 0.112. The molecular formula is C28H32N6O6S4. The minimum Gasteiger partial charge on any atom is -0.298 e. The highest BCUT2D eigenvalue weighted by Gasteiger charge is 2.23. The van der Waals surface area contributed by atoms with Gasteiger partial charge >= 0.3 is 0 Å². The third-order valence-electron chi connectivity index (χ3n) is 6.63. The number of sulfonamides is 2. The molecular weight excluding hydrogens is 645 g/mol. The monoisotopic (exact) mass is 676 g/mol. The number of carbonyl (C=O) groups excluding carboxylic acids is 2. The first-order valence-electron chi connectivity index (χ1n) is 13.7. The third kappa shape index (κ3) is 7.22. The lowest BCUT2D eigenvalue weighted by atomic mass is 10.2. The Morgan fingerprint density at radius 1 is 0.614 bits per heavy atom. The van der Waals surface area contributed by atoms with E-state index < -0.39 is 31.9 Å². The van der Waals surface area contributed by atoms with E-state index in [0.29, 0.717) is 47.8 Å². The molecule has 0 saturated heterocycles. The Labute approximate surface area is 264 Å². The van der Waals surface area contributed by atoms with Crippen molar-refractivity contribution < 1.29 is 26.4 Å². The van der Waals surface area contributed by atoms with Gasteiger partial charge in [-0.3, -0.25) is 20.2 Å². The van der Waals surface area contributed by atoms with E-state index in [4.69, 9.17) is 0 Å². The van der Waals surface area contributed by atoms with E-state index in [1.165, 1.54) is 79.8 Å². The largest absolute Gasteiger partial charge is 0.298 e. The molecule has 0 aliphatic carbocycles. The summed E-state index contributed by atoms with van der Waals surface area (Å²) in [7, 11) is -7.26. The van der Waals surface area contributed by atoms with Gasteiger partial charge in [-0.05, 0) is 48.5 Å². The summed E-state index contributed by atoms with van der Waals surface area (Å²) in [6.07, 6.45) is 0. The van der Waals surface area contributed by atoms with Gasteiger partial charge in [0.15, 0.2) is 10.3 Å². The van der Waals surface area contributed by atoms with Crippen molar-refractivity contribution in [3.63, 3.8) is 0 Å². The number of nitrogens with zero attached hydrogens (tertiary/aromatic N) is 4. The van der Waals surface area contributed by atoms with Crippen molar-refractivity contribution in [1.82, 2.24) is 18.6 Å². The number of carbonyl (C=O) groups is 2. The standard InChI is InChI=1S/C28H32N6O6S4/c1-5-33(6-2)43(37,38)21-13-9-19(10-14-21)25(35)31-27-29-23(17-41-27)24-18-42-28(30-24)32-26(36)20-11-15-22(16-12-20)44(39,40)34(7-3)8-4/h9-18H,5-8H2,1-4H3,(H,29,31,35)(H,30,32,36). The second kappa shape index (κ2) is 14.0. The Hall–Kier alpha value is -3.54. The Kier molecular flexibility index (Phi) is 10.6. The number of hydrogen-bond donors (Lipinski definition) is 2. The van der Waals surface area contributed by atoms with Gasteiger partial charge < -0.3 is 0 Å². The second-order valence-electron chi connectivity index (χ2n) is 9.21. The van der Waals surface area contributed by atoms with Crippen molar-refractivity contribution in [1.29, 1.82) is 0 Å². The van der Waals surface area contributed by atoms with Crippen molar-refractivity contribution in [2.75, 3.05) is 36.8 Å². The predicted molar refractivity (Wildman–Crippen MR) is 172 cm³/mol. The Morgan fingerprint density at radius 2 is 0.932 bits per heavy atom. The minimum atomic E-state index is -3.63. The van der Waals surface area contributed by atoms with Crippen LogP contribution >= 0.6 is 22.7 Å². The molecule has 16 heteroatoms. The highest BCUT2D eigenvalue weighted by molar-refractivity contribution is 7.89. The Bertz CT molecular complexity index is 1690. The molecule has 0 saturated carbocycles. The lowest BCUT2D eigenvalue weighted by Gasteiger charge is -2.18. The fourth-order valence-corrected chi connectivity index (χ4v) is 8.53. The molecule has 12 nitrogen and oxygen atoms in total. The van der Waals surface area contributed by atoms with Crippen LogP contribution in [0.4, 0.5) is 10.3 Å². The lowest BCUT2D eigenvalue weighted by molar-refractivity contribution is 0.101. The number of aromatic nitrogens is 2. The molecule has 0 radical (unpaired) electrons. The zero-order chi connectivity index (χ0) is 32.1. The molecule has 2 heterocycles. The van der Waals surface area contributed by atoms with Crippen LogP contribution in [0.3, 0.4) is 0 Å². The first kappa shape index (κ1) is 33.4. The van der Waals surface area contributed by atoms with Crippen LogP contribution in [0.25, 0.3) is 11.4 Å². The number of thiazole rings is 2. The first-order valence-corrected chi connectivity index (χ1v) is 18.3. The summed E-state index contributed by atoms with van der Waals surface area (Å²) in [6, 6.07) is 11.4. The van der Waals surface area contributed by atoms with Crippen LogP contribution in [0.1, 0.15) is 48.4 Å².